The molecule has 0 spiro atoms. The van der Waals surface area contributed by atoms with Gasteiger partial charge >= 0.3 is 5.97 Å². The Morgan fingerprint density at radius 1 is 1.40 bits per heavy atom. The van der Waals surface area contributed by atoms with E-state index in [-0.39, 0.29) is 5.56 Å². The van der Waals surface area contributed by atoms with Crippen molar-refractivity contribution in [3.05, 3.63) is 28.0 Å². The first-order valence-electron chi connectivity index (χ1n) is 6.93. The molecule has 1 aromatic rings. The van der Waals surface area contributed by atoms with Crippen molar-refractivity contribution in [3.63, 3.8) is 0 Å². The summed E-state index contributed by atoms with van der Waals surface area (Å²) in [6, 6.07) is 3.00. The van der Waals surface area contributed by atoms with Crippen LogP contribution in [0.2, 0.25) is 0 Å². The van der Waals surface area contributed by atoms with Gasteiger partial charge in [-0.2, -0.15) is 0 Å². The van der Waals surface area contributed by atoms with Crippen LogP contribution in [0.1, 0.15) is 42.5 Å². The highest BCUT2D eigenvalue weighted by atomic mass is 79.9. The Morgan fingerprint density at radius 2 is 2.10 bits per heavy atom. The van der Waals surface area contributed by atoms with Gasteiger partial charge in [-0.1, -0.05) is 35.2 Å². The molecule has 0 bridgehead atoms. The molecule has 0 saturated heterocycles. The number of rotatable bonds is 4. The van der Waals surface area contributed by atoms with Crippen LogP contribution in [0.25, 0.3) is 0 Å². The largest absolute Gasteiger partial charge is 0.465 e. The standard InChI is InChI=1S/C15H19BrFNO2/c1-20-15(19)14-12(17)7-11(16)8-13(14)18-9-10-5-3-2-4-6-10/h7-8,10,18H,2-6,9H2,1H3. The third-order valence-electron chi connectivity index (χ3n) is 3.75. The number of carbonyl (C=O) groups excluding carboxylic acids is 1. The van der Waals surface area contributed by atoms with Crippen LogP contribution in [0.5, 0.6) is 0 Å². The molecule has 0 atom stereocenters. The lowest BCUT2D eigenvalue weighted by molar-refractivity contribution is 0.0596. The first-order valence-corrected chi connectivity index (χ1v) is 7.72. The van der Waals surface area contributed by atoms with Crippen molar-refractivity contribution >= 4 is 27.6 Å². The molecule has 1 aliphatic carbocycles. The maximum absolute atomic E-state index is 13.9. The van der Waals surface area contributed by atoms with Crippen molar-refractivity contribution in [2.75, 3.05) is 19.0 Å². The molecule has 1 N–H and O–H groups in total. The van der Waals surface area contributed by atoms with Crippen LogP contribution in [-0.4, -0.2) is 19.6 Å². The molecule has 0 amide bonds. The van der Waals surface area contributed by atoms with Crippen LogP contribution >= 0.6 is 15.9 Å². The van der Waals surface area contributed by atoms with E-state index in [9.17, 15) is 9.18 Å². The third-order valence-corrected chi connectivity index (χ3v) is 4.21. The van der Waals surface area contributed by atoms with E-state index in [1.165, 1.54) is 45.3 Å². The van der Waals surface area contributed by atoms with E-state index in [4.69, 9.17) is 0 Å². The van der Waals surface area contributed by atoms with Gasteiger partial charge in [0.2, 0.25) is 0 Å². The maximum atomic E-state index is 13.9. The van der Waals surface area contributed by atoms with Crippen LogP contribution in [0.15, 0.2) is 16.6 Å². The Bertz CT molecular complexity index is 487. The average molecular weight is 344 g/mol. The molecule has 1 fully saturated rings. The smallest absolute Gasteiger partial charge is 0.342 e. The highest BCUT2D eigenvalue weighted by Gasteiger charge is 2.20. The molecule has 20 heavy (non-hydrogen) atoms. The zero-order chi connectivity index (χ0) is 14.5. The Morgan fingerprint density at radius 3 is 2.75 bits per heavy atom. The van der Waals surface area contributed by atoms with E-state index in [1.54, 1.807) is 6.07 Å². The van der Waals surface area contributed by atoms with Crippen molar-refractivity contribution in [3.8, 4) is 0 Å². The Hall–Kier alpha value is -1.10. The van der Waals surface area contributed by atoms with E-state index < -0.39 is 11.8 Å². The van der Waals surface area contributed by atoms with E-state index in [0.717, 1.165) is 6.54 Å². The van der Waals surface area contributed by atoms with Crippen molar-refractivity contribution in [2.24, 2.45) is 5.92 Å². The highest BCUT2D eigenvalue weighted by Crippen LogP contribution is 2.28. The van der Waals surface area contributed by atoms with Crippen LogP contribution < -0.4 is 5.32 Å². The summed E-state index contributed by atoms with van der Waals surface area (Å²) in [5.74, 6) is -0.630. The highest BCUT2D eigenvalue weighted by molar-refractivity contribution is 9.10. The molecule has 0 radical (unpaired) electrons. The normalized spacial score (nSPS) is 15.9. The quantitative estimate of drug-likeness (QED) is 0.825. The van der Waals surface area contributed by atoms with Gasteiger partial charge in [-0.15, -0.1) is 0 Å². The van der Waals surface area contributed by atoms with Crippen LogP contribution in [0.4, 0.5) is 10.1 Å². The van der Waals surface area contributed by atoms with E-state index in [0.29, 0.717) is 16.1 Å². The maximum Gasteiger partial charge on any atom is 0.342 e. The van der Waals surface area contributed by atoms with Crippen molar-refractivity contribution in [1.29, 1.82) is 0 Å². The minimum atomic E-state index is -0.652. The van der Waals surface area contributed by atoms with Gasteiger partial charge in [0.25, 0.3) is 0 Å². The predicted octanol–water partition coefficient (Wildman–Crippen LogP) is 4.37. The monoisotopic (exact) mass is 343 g/mol. The lowest BCUT2D eigenvalue weighted by Gasteiger charge is -2.23. The van der Waals surface area contributed by atoms with Crippen LogP contribution in [-0.2, 0) is 4.74 Å². The van der Waals surface area contributed by atoms with E-state index >= 15 is 0 Å². The number of esters is 1. The first kappa shape index (κ1) is 15.3. The molecular weight excluding hydrogens is 325 g/mol. The second kappa shape index (κ2) is 7.07. The SMILES string of the molecule is COC(=O)c1c(F)cc(Br)cc1NCC1CCCCC1. The van der Waals surface area contributed by atoms with Gasteiger partial charge in [0, 0.05) is 11.0 Å². The summed E-state index contributed by atoms with van der Waals surface area (Å²) in [5, 5.41) is 3.21. The molecular formula is C15H19BrFNO2. The number of hydrogen-bond acceptors (Lipinski definition) is 3. The number of hydrogen-bond donors (Lipinski definition) is 1. The number of halogens is 2. The van der Waals surface area contributed by atoms with Gasteiger partial charge in [0.1, 0.15) is 11.4 Å². The molecule has 1 aliphatic rings. The van der Waals surface area contributed by atoms with E-state index in [1.807, 2.05) is 0 Å². The van der Waals surface area contributed by atoms with Crippen LogP contribution in [0.3, 0.4) is 0 Å². The summed E-state index contributed by atoms with van der Waals surface area (Å²) in [4.78, 5) is 11.7. The fourth-order valence-corrected chi connectivity index (χ4v) is 3.10. The van der Waals surface area contributed by atoms with Gasteiger partial charge in [0.05, 0.1) is 12.8 Å². The number of methoxy groups -OCH3 is 1. The second-order valence-corrected chi connectivity index (χ2v) is 6.10. The lowest BCUT2D eigenvalue weighted by Crippen LogP contribution is -2.19. The number of carbonyl (C=O) groups is 1. The molecule has 3 nitrogen and oxygen atoms in total. The molecule has 110 valence electrons. The van der Waals surface area contributed by atoms with Gasteiger partial charge in [-0.25, -0.2) is 9.18 Å². The van der Waals surface area contributed by atoms with Crippen molar-refractivity contribution in [1.82, 2.24) is 0 Å². The minimum absolute atomic E-state index is 0.0218. The minimum Gasteiger partial charge on any atom is -0.465 e. The van der Waals surface area contributed by atoms with Crippen LogP contribution in [0, 0.1) is 11.7 Å². The van der Waals surface area contributed by atoms with E-state index in [2.05, 4.69) is 26.0 Å². The fraction of sp³-hybridized carbons (Fsp3) is 0.533. The first-order chi connectivity index (χ1) is 9.61. The summed E-state index contributed by atoms with van der Waals surface area (Å²) < 4.78 is 19.2. The van der Waals surface area contributed by atoms with Crippen molar-refractivity contribution < 1.29 is 13.9 Å². The molecule has 0 aromatic heterocycles. The molecule has 0 unspecified atom stereocenters. The topological polar surface area (TPSA) is 38.3 Å². The van der Waals surface area contributed by atoms with Gasteiger partial charge in [-0.05, 0) is 30.9 Å². The summed E-state index contributed by atoms with van der Waals surface area (Å²) >= 11 is 3.25. The molecule has 0 aliphatic heterocycles. The molecule has 5 heteroatoms. The fourth-order valence-electron chi connectivity index (χ4n) is 2.67. The summed E-state index contributed by atoms with van der Waals surface area (Å²) in [5.41, 5.74) is 0.473. The lowest BCUT2D eigenvalue weighted by atomic mass is 9.89. The Balaban J connectivity index is 2.14. The number of benzene rings is 1. The number of anilines is 1. The second-order valence-electron chi connectivity index (χ2n) is 5.19. The molecule has 1 saturated carbocycles. The summed E-state index contributed by atoms with van der Waals surface area (Å²) in [6.07, 6.45) is 6.19. The Labute approximate surface area is 127 Å². The van der Waals surface area contributed by atoms with Crippen molar-refractivity contribution in [2.45, 2.75) is 32.1 Å². The summed E-state index contributed by atoms with van der Waals surface area (Å²) in [7, 11) is 1.26. The van der Waals surface area contributed by atoms with Gasteiger partial charge in [0.15, 0.2) is 0 Å². The third kappa shape index (κ3) is 3.72. The molecule has 0 heterocycles. The average Bonchev–Trinajstić information content (AvgIpc) is 2.45. The predicted molar refractivity (Wildman–Crippen MR) is 80.5 cm³/mol. The number of nitrogens with one attached hydrogen (secondary N) is 1. The Kier molecular flexibility index (Phi) is 5.40. The zero-order valence-electron chi connectivity index (χ0n) is 11.5. The van der Waals surface area contributed by atoms with Gasteiger partial charge in [-0.3, -0.25) is 0 Å². The number of ether oxygens (including phenoxy) is 1. The van der Waals surface area contributed by atoms with Gasteiger partial charge < -0.3 is 10.1 Å². The molecule has 2 rings (SSSR count). The zero-order valence-corrected chi connectivity index (χ0v) is 13.1. The molecule has 1 aromatic carbocycles. The summed E-state index contributed by atoms with van der Waals surface area (Å²) in [6.45, 7) is 0.764.